The Hall–Kier alpha value is -1.65. The lowest BCUT2D eigenvalue weighted by Crippen LogP contribution is -2.07. The molecular weight excluding hydrogens is 284 g/mol. The summed E-state index contributed by atoms with van der Waals surface area (Å²) in [6, 6.07) is 8.20. The third-order valence-corrected chi connectivity index (χ3v) is 3.10. The zero-order valence-corrected chi connectivity index (χ0v) is 11.6. The van der Waals surface area contributed by atoms with Crippen molar-refractivity contribution in [3.05, 3.63) is 64.2 Å². The quantitative estimate of drug-likeness (QED) is 0.917. The average molecular weight is 298 g/mol. The van der Waals surface area contributed by atoms with E-state index in [2.05, 4.69) is 0 Å². The summed E-state index contributed by atoms with van der Waals surface area (Å²) in [5, 5.41) is 0.420. The molecule has 0 fully saturated rings. The van der Waals surface area contributed by atoms with Crippen molar-refractivity contribution in [2.75, 3.05) is 0 Å². The van der Waals surface area contributed by atoms with Crippen LogP contribution in [0.5, 0.6) is 5.75 Å². The molecule has 0 aliphatic heterocycles. The molecule has 2 nitrogen and oxygen atoms in total. The van der Waals surface area contributed by atoms with Gasteiger partial charge in [-0.05, 0) is 31.2 Å². The second-order valence-corrected chi connectivity index (χ2v) is 4.93. The first-order valence-corrected chi connectivity index (χ1v) is 6.47. The van der Waals surface area contributed by atoms with E-state index in [9.17, 15) is 8.78 Å². The van der Waals surface area contributed by atoms with Crippen LogP contribution in [-0.2, 0) is 6.61 Å². The lowest BCUT2D eigenvalue weighted by atomic mass is 10.1. The van der Waals surface area contributed by atoms with Crippen molar-refractivity contribution in [2.45, 2.75) is 19.6 Å². The van der Waals surface area contributed by atoms with Gasteiger partial charge in [0.1, 0.15) is 24.0 Å². The van der Waals surface area contributed by atoms with Crippen molar-refractivity contribution in [3.8, 4) is 5.75 Å². The topological polar surface area (TPSA) is 35.2 Å². The van der Waals surface area contributed by atoms with Gasteiger partial charge < -0.3 is 10.5 Å². The number of nitrogens with two attached hydrogens (primary N) is 1. The lowest BCUT2D eigenvalue weighted by Gasteiger charge is -2.11. The summed E-state index contributed by atoms with van der Waals surface area (Å²) >= 11 is 5.78. The molecular formula is C15H14ClF2NO. The number of ether oxygens (including phenoxy) is 1. The first-order valence-electron chi connectivity index (χ1n) is 6.09. The predicted molar refractivity (Wildman–Crippen MR) is 74.7 cm³/mol. The molecule has 2 rings (SSSR count). The van der Waals surface area contributed by atoms with Crippen molar-refractivity contribution >= 4 is 11.6 Å². The van der Waals surface area contributed by atoms with Crippen LogP contribution in [0.3, 0.4) is 0 Å². The van der Waals surface area contributed by atoms with Gasteiger partial charge >= 0.3 is 0 Å². The van der Waals surface area contributed by atoms with E-state index in [1.54, 1.807) is 19.1 Å². The second kappa shape index (κ2) is 6.20. The van der Waals surface area contributed by atoms with Crippen molar-refractivity contribution in [1.82, 2.24) is 0 Å². The van der Waals surface area contributed by atoms with E-state index in [-0.39, 0.29) is 6.61 Å². The third-order valence-electron chi connectivity index (χ3n) is 2.86. The molecule has 2 N–H and O–H groups in total. The summed E-state index contributed by atoms with van der Waals surface area (Å²) in [5.74, 6) is -0.544. The second-order valence-electron chi connectivity index (χ2n) is 4.50. The zero-order chi connectivity index (χ0) is 14.7. The van der Waals surface area contributed by atoms with Crippen LogP contribution in [0.4, 0.5) is 8.78 Å². The van der Waals surface area contributed by atoms with Gasteiger partial charge in [0.15, 0.2) is 0 Å². The highest BCUT2D eigenvalue weighted by Crippen LogP contribution is 2.22. The number of rotatable bonds is 4. The van der Waals surface area contributed by atoms with Crippen LogP contribution in [0.15, 0.2) is 36.4 Å². The smallest absolute Gasteiger partial charge is 0.131 e. The molecule has 0 heterocycles. The SMILES string of the molecule is CC(N)c1ccc(OCc2cc(Cl)ccc2F)cc1F. The summed E-state index contributed by atoms with van der Waals surface area (Å²) < 4.78 is 32.6. The number of halogens is 3. The largest absolute Gasteiger partial charge is 0.489 e. The Balaban J connectivity index is 2.11. The molecule has 0 spiro atoms. The Labute approximate surface area is 121 Å². The van der Waals surface area contributed by atoms with Gasteiger partial charge in [-0.3, -0.25) is 0 Å². The first-order chi connectivity index (χ1) is 9.47. The van der Waals surface area contributed by atoms with Crippen molar-refractivity contribution in [3.63, 3.8) is 0 Å². The Bertz CT molecular complexity index is 617. The highest BCUT2D eigenvalue weighted by atomic mass is 35.5. The van der Waals surface area contributed by atoms with Crippen LogP contribution in [0.2, 0.25) is 5.02 Å². The molecule has 2 aromatic carbocycles. The molecule has 1 unspecified atom stereocenters. The monoisotopic (exact) mass is 297 g/mol. The number of hydrogen-bond acceptors (Lipinski definition) is 2. The average Bonchev–Trinajstić information content (AvgIpc) is 2.39. The minimum Gasteiger partial charge on any atom is -0.489 e. The summed E-state index contributed by atoms with van der Waals surface area (Å²) in [5.41, 5.74) is 6.34. The zero-order valence-electron chi connectivity index (χ0n) is 10.9. The normalized spacial score (nSPS) is 12.2. The van der Waals surface area contributed by atoms with Crippen LogP contribution in [-0.4, -0.2) is 0 Å². The van der Waals surface area contributed by atoms with Gasteiger partial charge in [-0.2, -0.15) is 0 Å². The summed E-state index contributed by atoms with van der Waals surface area (Å²) in [6.45, 7) is 1.67. The van der Waals surface area contributed by atoms with Crippen LogP contribution in [0.1, 0.15) is 24.1 Å². The summed E-state index contributed by atoms with van der Waals surface area (Å²) in [7, 11) is 0. The van der Waals surface area contributed by atoms with Gasteiger partial charge in [-0.25, -0.2) is 8.78 Å². The predicted octanol–water partition coefficient (Wildman–Crippen LogP) is 4.22. The third kappa shape index (κ3) is 3.46. The molecule has 0 radical (unpaired) electrons. The number of benzene rings is 2. The minimum absolute atomic E-state index is 0.0244. The van der Waals surface area contributed by atoms with Gasteiger partial charge in [-0.1, -0.05) is 17.7 Å². The molecule has 1 atom stereocenters. The van der Waals surface area contributed by atoms with E-state index in [1.807, 2.05) is 0 Å². The molecule has 5 heteroatoms. The molecule has 0 saturated carbocycles. The molecule has 0 saturated heterocycles. The van der Waals surface area contributed by atoms with Crippen molar-refractivity contribution < 1.29 is 13.5 Å². The number of hydrogen-bond donors (Lipinski definition) is 1. The van der Waals surface area contributed by atoms with Crippen LogP contribution < -0.4 is 10.5 Å². The maximum Gasteiger partial charge on any atom is 0.131 e. The maximum atomic E-state index is 13.7. The molecule has 20 heavy (non-hydrogen) atoms. The molecule has 0 bridgehead atoms. The molecule has 0 aromatic heterocycles. The fourth-order valence-electron chi connectivity index (χ4n) is 1.78. The van der Waals surface area contributed by atoms with Gasteiger partial charge in [-0.15, -0.1) is 0 Å². The summed E-state index contributed by atoms with van der Waals surface area (Å²) in [4.78, 5) is 0. The van der Waals surface area contributed by atoms with Crippen LogP contribution >= 0.6 is 11.6 Å². The highest BCUT2D eigenvalue weighted by Gasteiger charge is 2.09. The molecule has 0 aliphatic rings. The minimum atomic E-state index is -0.441. The van der Waals surface area contributed by atoms with Gasteiger partial charge in [0.2, 0.25) is 0 Å². The van der Waals surface area contributed by atoms with E-state index in [0.717, 1.165) is 0 Å². The van der Waals surface area contributed by atoms with Crippen LogP contribution in [0.25, 0.3) is 0 Å². The van der Waals surface area contributed by atoms with Crippen molar-refractivity contribution in [2.24, 2.45) is 5.73 Å². The summed E-state index contributed by atoms with van der Waals surface area (Å²) in [6.07, 6.45) is 0. The maximum absolute atomic E-state index is 13.7. The fourth-order valence-corrected chi connectivity index (χ4v) is 1.98. The van der Waals surface area contributed by atoms with Gasteiger partial charge in [0.05, 0.1) is 0 Å². The van der Waals surface area contributed by atoms with Crippen LogP contribution in [0, 0.1) is 11.6 Å². The molecule has 0 aliphatic carbocycles. The van der Waals surface area contributed by atoms with E-state index in [4.69, 9.17) is 22.1 Å². The highest BCUT2D eigenvalue weighted by molar-refractivity contribution is 6.30. The van der Waals surface area contributed by atoms with E-state index >= 15 is 0 Å². The fraction of sp³-hybridized carbons (Fsp3) is 0.200. The lowest BCUT2D eigenvalue weighted by molar-refractivity contribution is 0.298. The Morgan fingerprint density at radius 3 is 2.55 bits per heavy atom. The van der Waals surface area contributed by atoms with E-state index < -0.39 is 17.7 Å². The Morgan fingerprint density at radius 1 is 1.15 bits per heavy atom. The first kappa shape index (κ1) is 14.8. The van der Waals surface area contributed by atoms with E-state index in [0.29, 0.717) is 21.9 Å². The standard InChI is InChI=1S/C15H14ClF2NO/c1-9(19)13-4-3-12(7-15(13)18)20-8-10-6-11(16)2-5-14(10)17/h2-7,9H,8,19H2,1H3. The van der Waals surface area contributed by atoms with Gasteiger partial charge in [0.25, 0.3) is 0 Å². The molecule has 106 valence electrons. The van der Waals surface area contributed by atoms with Gasteiger partial charge in [0, 0.05) is 28.3 Å². The Kier molecular flexibility index (Phi) is 4.57. The van der Waals surface area contributed by atoms with E-state index in [1.165, 1.54) is 24.3 Å². The molecule has 2 aromatic rings. The van der Waals surface area contributed by atoms with Crippen molar-refractivity contribution in [1.29, 1.82) is 0 Å². The molecule has 0 amide bonds. The Morgan fingerprint density at radius 2 is 1.90 bits per heavy atom.